The molecule has 1 aliphatic heterocycles. The Labute approximate surface area is 263 Å². The number of amides is 1. The summed E-state index contributed by atoms with van der Waals surface area (Å²) < 4.78 is 23.7. The van der Waals surface area contributed by atoms with E-state index in [9.17, 15) is 19.3 Å². The van der Waals surface area contributed by atoms with Crippen LogP contribution in [0.15, 0.2) is 53.1 Å². The number of hydrogen-bond donors (Lipinski definition) is 1. The number of para-hydroxylation sites is 1. The number of nitroso groups, excluding NO2 is 1. The van der Waals surface area contributed by atoms with Gasteiger partial charge in [0.05, 0.1) is 25.5 Å². The van der Waals surface area contributed by atoms with Crippen LogP contribution in [0.2, 0.25) is 0 Å². The van der Waals surface area contributed by atoms with Crippen LogP contribution in [0, 0.1) is 4.91 Å². The summed E-state index contributed by atoms with van der Waals surface area (Å²) in [5.74, 6) is -0.786. The van der Waals surface area contributed by atoms with Crippen molar-refractivity contribution in [1.29, 1.82) is 0 Å². The van der Waals surface area contributed by atoms with Crippen LogP contribution < -0.4 is 14.8 Å². The number of ether oxygens (including phenoxy) is 4. The smallest absolute Gasteiger partial charge is 0.344 e. The maximum absolute atomic E-state index is 12.7. The summed E-state index contributed by atoms with van der Waals surface area (Å²) >= 11 is 1.05. The monoisotopic (exact) mass is 630 g/mol. The topological polar surface area (TPSA) is 136 Å². The van der Waals surface area contributed by atoms with Gasteiger partial charge >= 0.3 is 11.9 Å². The van der Waals surface area contributed by atoms with E-state index in [-0.39, 0.29) is 23.1 Å². The number of benzene rings is 2. The molecule has 3 rings (SSSR count). The van der Waals surface area contributed by atoms with Crippen molar-refractivity contribution in [3.05, 3.63) is 64.6 Å². The lowest BCUT2D eigenvalue weighted by atomic mass is 10.1. The molecule has 0 aromatic heterocycles. The minimum Gasteiger partial charge on any atom is -0.493 e. The fourth-order valence-corrected chi connectivity index (χ4v) is 4.70. The molecule has 12 nitrogen and oxygen atoms in total. The third kappa shape index (κ3) is 12.3. The third-order valence-electron chi connectivity index (χ3n) is 6.43. The Kier molecular flexibility index (Phi) is 16.6. The van der Waals surface area contributed by atoms with Gasteiger partial charge in [-0.15, -0.1) is 4.91 Å². The Morgan fingerprint density at radius 2 is 1.66 bits per heavy atom. The molecule has 0 saturated carbocycles. The molecule has 2 aromatic carbocycles. The molecule has 44 heavy (non-hydrogen) atoms. The summed E-state index contributed by atoms with van der Waals surface area (Å²) in [5, 5.41) is 2.81. The Morgan fingerprint density at radius 3 is 2.34 bits per heavy atom. The number of nitrogens with zero attached hydrogens (tertiary/aromatic N) is 3. The third-order valence-corrected chi connectivity index (χ3v) is 7.03. The fourth-order valence-electron chi connectivity index (χ4n) is 4.27. The summed E-state index contributed by atoms with van der Waals surface area (Å²) in [5.41, 5.74) is 1.06. The molecule has 13 heteroatoms. The van der Waals surface area contributed by atoms with Crippen molar-refractivity contribution in [3.8, 4) is 11.5 Å². The van der Waals surface area contributed by atoms with Gasteiger partial charge in [-0.05, 0) is 35.9 Å². The number of methoxy groups -OCH3 is 2. The van der Waals surface area contributed by atoms with Gasteiger partial charge in [-0.3, -0.25) is 14.6 Å². The quantitative estimate of drug-likeness (QED) is 0.129. The lowest BCUT2D eigenvalue weighted by Crippen LogP contribution is -2.48. The minimum absolute atomic E-state index is 0.104. The maximum Gasteiger partial charge on any atom is 0.344 e. The van der Waals surface area contributed by atoms with E-state index >= 15 is 0 Å². The number of carbonyl (C=O) groups is 3. The van der Waals surface area contributed by atoms with Crippen LogP contribution in [0.1, 0.15) is 36.7 Å². The van der Waals surface area contributed by atoms with Crippen LogP contribution in [-0.2, 0) is 19.1 Å². The number of carbonyl (C=O) groups excluding carboxylic acids is 3. The normalized spacial score (nSPS) is 14.1. The van der Waals surface area contributed by atoms with Gasteiger partial charge in [0.15, 0.2) is 18.1 Å². The van der Waals surface area contributed by atoms with E-state index in [0.717, 1.165) is 44.7 Å². The predicted molar refractivity (Wildman–Crippen MR) is 172 cm³/mol. The van der Waals surface area contributed by atoms with Crippen molar-refractivity contribution < 1.29 is 33.3 Å². The summed E-state index contributed by atoms with van der Waals surface area (Å²) in [6.07, 6.45) is 2.92. The first-order valence-electron chi connectivity index (χ1n) is 14.4. The van der Waals surface area contributed by atoms with Crippen LogP contribution in [0.5, 0.6) is 11.5 Å². The second-order valence-electron chi connectivity index (χ2n) is 9.41. The van der Waals surface area contributed by atoms with Gasteiger partial charge < -0.3 is 24.3 Å². The van der Waals surface area contributed by atoms with Gasteiger partial charge in [0, 0.05) is 67.1 Å². The van der Waals surface area contributed by atoms with Gasteiger partial charge in [0.25, 0.3) is 0 Å². The number of piperazine rings is 1. The summed E-state index contributed by atoms with van der Waals surface area (Å²) in [6.45, 7) is 10.3. The Morgan fingerprint density at radius 1 is 0.977 bits per heavy atom. The number of nitrogens with one attached hydrogen (secondary N) is 1. The molecular formula is C31H42N4O8S. The van der Waals surface area contributed by atoms with E-state index in [1.807, 2.05) is 20.8 Å². The molecule has 2 aromatic rings. The SMILES string of the molecule is CC.COc1ccc(/C=C/C(=O)Nc2ccccc2C(=O)OCC(=O)OCCN2CCN(CC(C)SN=O)CC2)cc1OC. The van der Waals surface area contributed by atoms with Crippen LogP contribution in [0.25, 0.3) is 6.08 Å². The minimum atomic E-state index is -0.764. The zero-order valence-corrected chi connectivity index (χ0v) is 26.8. The Bertz CT molecular complexity index is 1250. The van der Waals surface area contributed by atoms with Crippen molar-refractivity contribution in [1.82, 2.24) is 9.80 Å². The van der Waals surface area contributed by atoms with E-state index < -0.39 is 24.5 Å². The van der Waals surface area contributed by atoms with Crippen molar-refractivity contribution in [3.63, 3.8) is 0 Å². The molecule has 0 aliphatic carbocycles. The van der Waals surface area contributed by atoms with Crippen molar-refractivity contribution in [2.24, 2.45) is 4.58 Å². The Hall–Kier alpha value is -3.94. The zero-order valence-electron chi connectivity index (χ0n) is 25.9. The number of anilines is 1. The second kappa shape index (κ2) is 20.1. The first kappa shape index (κ1) is 36.3. The molecule has 0 radical (unpaired) electrons. The van der Waals surface area contributed by atoms with Crippen molar-refractivity contribution in [2.75, 3.05) is 72.0 Å². The highest BCUT2D eigenvalue weighted by Gasteiger charge is 2.20. The summed E-state index contributed by atoms with van der Waals surface area (Å²) in [6, 6.07) is 11.6. The van der Waals surface area contributed by atoms with Gasteiger partial charge in [0.1, 0.15) is 6.61 Å². The molecular weight excluding hydrogens is 588 g/mol. The molecule has 0 bridgehead atoms. The molecule has 240 valence electrons. The van der Waals surface area contributed by atoms with Crippen molar-refractivity contribution >= 4 is 41.6 Å². The van der Waals surface area contributed by atoms with E-state index in [1.165, 1.54) is 26.4 Å². The fraction of sp³-hybridized carbons (Fsp3) is 0.452. The lowest BCUT2D eigenvalue weighted by Gasteiger charge is -2.35. The van der Waals surface area contributed by atoms with Gasteiger partial charge in [-0.25, -0.2) is 9.59 Å². The van der Waals surface area contributed by atoms with E-state index in [2.05, 4.69) is 19.7 Å². The molecule has 1 fully saturated rings. The summed E-state index contributed by atoms with van der Waals surface area (Å²) in [7, 11) is 3.06. The highest BCUT2D eigenvalue weighted by molar-refractivity contribution is 7.98. The standard InChI is InChI=1S/C29H36N4O8S.C2H6/c1-21(42-31-37)19-33-14-12-32(13-15-33)16-17-40-28(35)20-41-29(36)23-6-4-5-7-24(23)30-27(34)11-9-22-8-10-25(38-2)26(18-22)39-3;1-2/h4-11,18,21H,12-17,19-20H2,1-3H3,(H,30,34);1-2H3/b11-9+;. The van der Waals surface area contributed by atoms with Crippen LogP contribution in [-0.4, -0.2) is 99.6 Å². The average molecular weight is 631 g/mol. The molecule has 1 heterocycles. The number of hydrogen-bond acceptors (Lipinski definition) is 12. The molecule has 1 atom stereocenters. The molecule has 1 N–H and O–H groups in total. The number of rotatable bonds is 15. The van der Waals surface area contributed by atoms with Gasteiger partial charge in [0.2, 0.25) is 5.91 Å². The Balaban J connectivity index is 0.00000330. The van der Waals surface area contributed by atoms with Gasteiger partial charge in [-0.1, -0.05) is 39.0 Å². The highest BCUT2D eigenvalue weighted by atomic mass is 32.2. The molecule has 1 saturated heterocycles. The molecule has 1 amide bonds. The molecule has 1 aliphatic rings. The zero-order chi connectivity index (χ0) is 32.3. The summed E-state index contributed by atoms with van der Waals surface area (Å²) in [4.78, 5) is 52.2. The predicted octanol–water partition coefficient (Wildman–Crippen LogP) is 4.50. The lowest BCUT2D eigenvalue weighted by molar-refractivity contribution is -0.147. The number of esters is 2. The van der Waals surface area contributed by atoms with Crippen molar-refractivity contribution in [2.45, 2.75) is 26.0 Å². The van der Waals surface area contributed by atoms with E-state index in [1.54, 1.807) is 42.5 Å². The first-order chi connectivity index (χ1) is 21.3. The first-order valence-corrected chi connectivity index (χ1v) is 15.2. The highest BCUT2D eigenvalue weighted by Crippen LogP contribution is 2.28. The van der Waals surface area contributed by atoms with Crippen LogP contribution in [0.3, 0.4) is 0 Å². The molecule has 1 unspecified atom stereocenters. The largest absolute Gasteiger partial charge is 0.493 e. The average Bonchev–Trinajstić information content (AvgIpc) is 3.04. The van der Waals surface area contributed by atoms with E-state index in [4.69, 9.17) is 18.9 Å². The maximum atomic E-state index is 12.7. The molecule has 0 spiro atoms. The van der Waals surface area contributed by atoms with Crippen LogP contribution >= 0.6 is 11.9 Å². The second-order valence-corrected chi connectivity index (χ2v) is 10.6. The van der Waals surface area contributed by atoms with E-state index in [0.29, 0.717) is 23.6 Å². The van der Waals surface area contributed by atoms with Crippen LogP contribution in [0.4, 0.5) is 5.69 Å². The van der Waals surface area contributed by atoms with Gasteiger partial charge in [-0.2, -0.15) is 0 Å².